The Morgan fingerprint density at radius 1 is 1.00 bits per heavy atom. The van der Waals surface area contributed by atoms with Gasteiger partial charge in [0.05, 0.1) is 19.8 Å². The molecular weight excluding hydrogens is 300 g/mol. The fourth-order valence-corrected chi connectivity index (χ4v) is 4.73. The van der Waals surface area contributed by atoms with Gasteiger partial charge >= 0.3 is 0 Å². The molecule has 2 saturated carbocycles. The maximum atomic E-state index is 6.26. The molecule has 0 amide bonds. The number of hydrogen-bond donors (Lipinski definition) is 2. The van der Waals surface area contributed by atoms with Gasteiger partial charge in [-0.3, -0.25) is 9.89 Å². The molecule has 0 atom stereocenters. The van der Waals surface area contributed by atoms with Crippen LogP contribution in [0.15, 0.2) is 4.99 Å². The summed E-state index contributed by atoms with van der Waals surface area (Å²) in [7, 11) is 0. The van der Waals surface area contributed by atoms with Crippen LogP contribution in [-0.2, 0) is 4.74 Å². The molecule has 0 aromatic heterocycles. The molecule has 0 aromatic rings. The van der Waals surface area contributed by atoms with Crippen LogP contribution in [0.1, 0.15) is 70.6 Å². The van der Waals surface area contributed by atoms with Crippen molar-refractivity contribution in [1.82, 2.24) is 10.2 Å². The van der Waals surface area contributed by atoms with E-state index in [1.807, 2.05) is 0 Å². The highest BCUT2D eigenvalue weighted by Gasteiger charge is 2.38. The van der Waals surface area contributed by atoms with Gasteiger partial charge in [-0.25, -0.2) is 0 Å². The first kappa shape index (κ1) is 18.0. The Kier molecular flexibility index (Phi) is 6.78. The lowest BCUT2D eigenvalue weighted by atomic mass is 9.80. The van der Waals surface area contributed by atoms with E-state index < -0.39 is 0 Å². The first-order chi connectivity index (χ1) is 11.8. The largest absolute Gasteiger partial charge is 0.379 e. The fourth-order valence-electron chi connectivity index (χ4n) is 4.73. The Balaban J connectivity index is 1.59. The number of rotatable bonds is 4. The van der Waals surface area contributed by atoms with E-state index in [1.54, 1.807) is 0 Å². The van der Waals surface area contributed by atoms with Gasteiger partial charge in [-0.1, -0.05) is 44.9 Å². The maximum absolute atomic E-state index is 6.26. The van der Waals surface area contributed by atoms with Crippen molar-refractivity contribution in [3.05, 3.63) is 0 Å². The van der Waals surface area contributed by atoms with Crippen molar-refractivity contribution in [2.24, 2.45) is 10.7 Å². The molecule has 0 spiro atoms. The van der Waals surface area contributed by atoms with Crippen molar-refractivity contribution in [2.45, 2.75) is 82.2 Å². The SMILES string of the molecule is NC(=NCC1(N2CCOCC2)CCCCC1)NC1CCCCCC1. The van der Waals surface area contributed by atoms with E-state index in [0.29, 0.717) is 12.0 Å². The molecule has 0 aromatic carbocycles. The summed E-state index contributed by atoms with van der Waals surface area (Å²) in [6.07, 6.45) is 14.4. The minimum Gasteiger partial charge on any atom is -0.379 e. The van der Waals surface area contributed by atoms with Gasteiger partial charge in [-0.15, -0.1) is 0 Å². The number of aliphatic imine (C=N–C) groups is 1. The third kappa shape index (κ3) is 4.85. The average molecular weight is 337 g/mol. The number of nitrogens with two attached hydrogens (primary N) is 1. The van der Waals surface area contributed by atoms with Crippen LogP contribution in [0.5, 0.6) is 0 Å². The number of nitrogens with one attached hydrogen (secondary N) is 1. The number of ether oxygens (including phenoxy) is 1. The molecule has 0 radical (unpaired) electrons. The van der Waals surface area contributed by atoms with Crippen molar-refractivity contribution in [3.63, 3.8) is 0 Å². The highest BCUT2D eigenvalue weighted by Crippen LogP contribution is 2.34. The molecule has 1 heterocycles. The van der Waals surface area contributed by atoms with Crippen molar-refractivity contribution >= 4 is 5.96 Å². The third-order valence-electron chi connectivity index (χ3n) is 6.22. The second-order valence-electron chi connectivity index (χ2n) is 7.92. The van der Waals surface area contributed by atoms with Crippen LogP contribution in [0, 0.1) is 0 Å². The van der Waals surface area contributed by atoms with Crippen molar-refractivity contribution in [1.29, 1.82) is 0 Å². The molecule has 1 aliphatic heterocycles. The average Bonchev–Trinajstić information content (AvgIpc) is 2.90. The molecule has 0 unspecified atom stereocenters. The van der Waals surface area contributed by atoms with E-state index >= 15 is 0 Å². The predicted molar refractivity (Wildman–Crippen MR) is 99.3 cm³/mol. The van der Waals surface area contributed by atoms with E-state index in [-0.39, 0.29) is 5.54 Å². The predicted octanol–water partition coefficient (Wildman–Crippen LogP) is 2.65. The maximum Gasteiger partial charge on any atom is 0.188 e. The number of nitrogens with zero attached hydrogens (tertiary/aromatic N) is 2. The molecule has 3 fully saturated rings. The lowest BCUT2D eigenvalue weighted by molar-refractivity contribution is -0.0333. The van der Waals surface area contributed by atoms with Crippen LogP contribution in [0.2, 0.25) is 0 Å². The highest BCUT2D eigenvalue weighted by molar-refractivity contribution is 5.78. The Morgan fingerprint density at radius 2 is 1.62 bits per heavy atom. The molecule has 24 heavy (non-hydrogen) atoms. The van der Waals surface area contributed by atoms with Crippen molar-refractivity contribution in [3.8, 4) is 0 Å². The summed E-state index contributed by atoms with van der Waals surface area (Å²) >= 11 is 0. The Hall–Kier alpha value is -0.810. The minimum absolute atomic E-state index is 0.220. The molecule has 5 heteroatoms. The van der Waals surface area contributed by atoms with Crippen LogP contribution in [0.25, 0.3) is 0 Å². The van der Waals surface area contributed by atoms with Crippen molar-refractivity contribution in [2.75, 3.05) is 32.8 Å². The molecule has 3 aliphatic rings. The summed E-state index contributed by atoms with van der Waals surface area (Å²) in [4.78, 5) is 7.46. The zero-order valence-electron chi connectivity index (χ0n) is 15.3. The molecule has 3 N–H and O–H groups in total. The zero-order chi connectivity index (χ0) is 16.7. The van der Waals surface area contributed by atoms with E-state index in [4.69, 9.17) is 15.5 Å². The normalized spacial score (nSPS) is 27.6. The summed E-state index contributed by atoms with van der Waals surface area (Å²) in [5.41, 5.74) is 6.48. The highest BCUT2D eigenvalue weighted by atomic mass is 16.5. The molecule has 5 nitrogen and oxygen atoms in total. The summed E-state index contributed by atoms with van der Waals surface area (Å²) in [5, 5.41) is 3.50. The van der Waals surface area contributed by atoms with Gasteiger partial charge in [0.25, 0.3) is 0 Å². The van der Waals surface area contributed by atoms with Gasteiger partial charge in [-0.05, 0) is 25.7 Å². The monoisotopic (exact) mass is 336 g/mol. The second-order valence-corrected chi connectivity index (χ2v) is 7.92. The van der Waals surface area contributed by atoms with Gasteiger partial charge in [0.2, 0.25) is 0 Å². The summed E-state index contributed by atoms with van der Waals surface area (Å²) in [6, 6.07) is 0.530. The molecule has 0 bridgehead atoms. The Morgan fingerprint density at radius 3 is 2.29 bits per heavy atom. The van der Waals surface area contributed by atoms with Gasteiger partial charge < -0.3 is 15.8 Å². The van der Waals surface area contributed by atoms with E-state index in [9.17, 15) is 0 Å². The fraction of sp³-hybridized carbons (Fsp3) is 0.947. The minimum atomic E-state index is 0.220. The van der Waals surface area contributed by atoms with Gasteiger partial charge in [0.1, 0.15) is 0 Å². The Bertz CT molecular complexity index is 392. The van der Waals surface area contributed by atoms with Crippen LogP contribution in [0.4, 0.5) is 0 Å². The third-order valence-corrected chi connectivity index (χ3v) is 6.22. The van der Waals surface area contributed by atoms with Crippen LogP contribution in [-0.4, -0.2) is 55.3 Å². The van der Waals surface area contributed by atoms with Gasteiger partial charge in [-0.2, -0.15) is 0 Å². The van der Waals surface area contributed by atoms with E-state index in [1.165, 1.54) is 70.6 Å². The molecule has 3 rings (SSSR count). The molecule has 1 saturated heterocycles. The zero-order valence-corrected chi connectivity index (χ0v) is 15.3. The van der Waals surface area contributed by atoms with Crippen LogP contribution >= 0.6 is 0 Å². The quantitative estimate of drug-likeness (QED) is 0.471. The van der Waals surface area contributed by atoms with Crippen molar-refractivity contribution < 1.29 is 4.74 Å². The molecule has 138 valence electrons. The molecular formula is C19H36N4O. The standard InChI is InChI=1S/C19H36N4O/c20-18(22-17-8-4-1-2-5-9-17)21-16-19(10-6-3-7-11-19)23-12-14-24-15-13-23/h17H,1-16H2,(H3,20,21,22). The second kappa shape index (κ2) is 9.04. The lowest BCUT2D eigenvalue weighted by Gasteiger charge is -2.47. The summed E-state index contributed by atoms with van der Waals surface area (Å²) in [6.45, 7) is 4.66. The first-order valence-electron chi connectivity index (χ1n) is 10.2. The topological polar surface area (TPSA) is 62.9 Å². The smallest absolute Gasteiger partial charge is 0.188 e. The number of hydrogen-bond acceptors (Lipinski definition) is 3. The summed E-state index contributed by atoms with van der Waals surface area (Å²) in [5.74, 6) is 0.667. The summed E-state index contributed by atoms with van der Waals surface area (Å²) < 4.78 is 5.56. The van der Waals surface area contributed by atoms with Gasteiger partial charge in [0, 0.05) is 24.7 Å². The van der Waals surface area contributed by atoms with Crippen LogP contribution in [0.3, 0.4) is 0 Å². The van der Waals surface area contributed by atoms with E-state index in [2.05, 4.69) is 10.2 Å². The lowest BCUT2D eigenvalue weighted by Crippen LogP contribution is -2.56. The Labute approximate surface area is 147 Å². The number of morpholine rings is 1. The van der Waals surface area contributed by atoms with Crippen LogP contribution < -0.4 is 11.1 Å². The molecule has 2 aliphatic carbocycles. The number of guanidine groups is 1. The van der Waals surface area contributed by atoms with Gasteiger partial charge in [0.15, 0.2) is 5.96 Å². The van der Waals surface area contributed by atoms with E-state index in [0.717, 1.165) is 32.8 Å². The first-order valence-corrected chi connectivity index (χ1v) is 10.2.